The first kappa shape index (κ1) is 22.0. The molecule has 1 aromatic carbocycles. The molecule has 0 aliphatic carbocycles. The first-order valence-corrected chi connectivity index (χ1v) is 9.18. The minimum absolute atomic E-state index is 0. The molecule has 1 aromatic rings. The van der Waals surface area contributed by atoms with Crippen LogP contribution in [0.5, 0.6) is 0 Å². The summed E-state index contributed by atoms with van der Waals surface area (Å²) in [5.41, 5.74) is 5.80. The Morgan fingerprint density at radius 3 is 1.79 bits per heavy atom. The van der Waals surface area contributed by atoms with Gasteiger partial charge in [0.25, 0.3) is 0 Å². The third-order valence-electron chi connectivity index (χ3n) is 3.85. The molecular formula is C14H25Li2NOSi. The van der Waals surface area contributed by atoms with Crippen molar-refractivity contribution in [1.29, 1.82) is 0 Å². The standard InChI is InChI=1S/C14H25NOSi.2Li/c1-10-11(2)13(4)14(12(10)3)17(6,7)15-8-9-16-5;;/h8-9H2,1-7H3;;/q-2;2*+1. The van der Waals surface area contributed by atoms with Gasteiger partial charge < -0.3 is 9.72 Å². The first-order valence-electron chi connectivity index (χ1n) is 6.24. The van der Waals surface area contributed by atoms with Gasteiger partial charge in [-0.2, -0.15) is 27.4 Å². The Hall–Kier alpha value is 0.682. The van der Waals surface area contributed by atoms with Gasteiger partial charge in [0.05, 0.1) is 0 Å². The van der Waals surface area contributed by atoms with Crippen LogP contribution in [0.15, 0.2) is 0 Å². The number of methoxy groups -OCH3 is 1. The fourth-order valence-corrected chi connectivity index (χ4v) is 5.65. The maximum absolute atomic E-state index is 5.09. The molecule has 0 fully saturated rings. The second kappa shape index (κ2) is 8.86. The summed E-state index contributed by atoms with van der Waals surface area (Å²) in [7, 11) is 0.0622. The van der Waals surface area contributed by atoms with Gasteiger partial charge in [0.2, 0.25) is 0 Å². The zero-order chi connectivity index (χ0) is 13.2. The molecule has 0 radical (unpaired) electrons. The summed E-state index contributed by atoms with van der Waals surface area (Å²) in [5, 5.41) is 1.53. The zero-order valence-electron chi connectivity index (χ0n) is 14.3. The van der Waals surface area contributed by atoms with Crippen LogP contribution >= 0.6 is 0 Å². The maximum atomic E-state index is 5.09. The average molecular weight is 265 g/mol. The van der Waals surface area contributed by atoms with Crippen LogP contribution in [0.25, 0.3) is 4.98 Å². The van der Waals surface area contributed by atoms with Crippen molar-refractivity contribution in [1.82, 2.24) is 0 Å². The molecule has 0 aliphatic rings. The van der Waals surface area contributed by atoms with Crippen LogP contribution in [0.4, 0.5) is 0 Å². The Bertz CT molecular complexity index is 377. The molecule has 0 unspecified atom stereocenters. The van der Waals surface area contributed by atoms with Crippen molar-refractivity contribution in [2.24, 2.45) is 0 Å². The van der Waals surface area contributed by atoms with Crippen molar-refractivity contribution in [2.75, 3.05) is 20.3 Å². The summed E-state index contributed by atoms with van der Waals surface area (Å²) in [5.74, 6) is 0. The van der Waals surface area contributed by atoms with Crippen molar-refractivity contribution >= 4 is 13.4 Å². The molecule has 0 bridgehead atoms. The van der Waals surface area contributed by atoms with Gasteiger partial charge in [-0.3, -0.25) is 0 Å². The Kier molecular flexibility index (Phi) is 10.2. The Labute approximate surface area is 143 Å². The van der Waals surface area contributed by atoms with Crippen molar-refractivity contribution < 1.29 is 42.5 Å². The maximum Gasteiger partial charge on any atom is 1.00 e. The van der Waals surface area contributed by atoms with E-state index in [0.29, 0.717) is 0 Å². The molecular weight excluding hydrogens is 240 g/mol. The minimum atomic E-state index is -1.67. The van der Waals surface area contributed by atoms with Crippen molar-refractivity contribution in [3.8, 4) is 0 Å². The van der Waals surface area contributed by atoms with Gasteiger partial charge in [0.1, 0.15) is 0 Å². The summed E-state index contributed by atoms with van der Waals surface area (Å²) in [4.78, 5) is 4.91. The van der Waals surface area contributed by atoms with E-state index in [4.69, 9.17) is 9.72 Å². The largest absolute Gasteiger partial charge is 1.00 e. The van der Waals surface area contributed by atoms with E-state index in [0.717, 1.165) is 13.2 Å². The molecule has 0 aliphatic heterocycles. The molecule has 0 N–H and O–H groups in total. The molecule has 0 heterocycles. The van der Waals surface area contributed by atoms with Crippen molar-refractivity contribution in [3.05, 3.63) is 27.2 Å². The van der Waals surface area contributed by atoms with Gasteiger partial charge in [0, 0.05) is 13.7 Å². The van der Waals surface area contributed by atoms with Crippen LogP contribution in [0.2, 0.25) is 13.1 Å². The second-order valence-corrected chi connectivity index (χ2v) is 9.24. The quantitative estimate of drug-likeness (QED) is 0.318. The number of nitrogens with zero attached hydrogens (tertiary/aromatic N) is 1. The topological polar surface area (TPSA) is 23.3 Å². The second-order valence-electron chi connectivity index (χ2n) is 5.31. The van der Waals surface area contributed by atoms with Crippen LogP contribution in [0.3, 0.4) is 0 Å². The molecule has 0 atom stereocenters. The van der Waals surface area contributed by atoms with Gasteiger partial charge in [-0.05, 0) is 0 Å². The summed E-state index contributed by atoms with van der Waals surface area (Å²) in [6.45, 7) is 15.1. The van der Waals surface area contributed by atoms with E-state index in [9.17, 15) is 0 Å². The van der Waals surface area contributed by atoms with E-state index in [1.165, 1.54) is 27.4 Å². The Morgan fingerprint density at radius 1 is 1.00 bits per heavy atom. The number of rotatable bonds is 5. The molecule has 5 heteroatoms. The minimum Gasteiger partial charge on any atom is -0.668 e. The fourth-order valence-electron chi connectivity index (χ4n) is 2.63. The monoisotopic (exact) mass is 265 g/mol. The zero-order valence-corrected chi connectivity index (χ0v) is 15.3. The Balaban J connectivity index is 0. The van der Waals surface area contributed by atoms with Gasteiger partial charge >= 0.3 is 37.7 Å². The number of hydrogen-bond donors (Lipinski definition) is 0. The summed E-state index contributed by atoms with van der Waals surface area (Å²) in [6.07, 6.45) is 0. The van der Waals surface area contributed by atoms with Crippen LogP contribution in [-0.4, -0.2) is 28.5 Å². The van der Waals surface area contributed by atoms with E-state index < -0.39 is 8.24 Å². The molecule has 19 heavy (non-hydrogen) atoms. The van der Waals surface area contributed by atoms with E-state index in [-0.39, 0.29) is 37.7 Å². The summed E-state index contributed by atoms with van der Waals surface area (Å²) >= 11 is 0. The van der Waals surface area contributed by atoms with E-state index in [2.05, 4.69) is 40.8 Å². The van der Waals surface area contributed by atoms with Gasteiger partial charge in [-0.15, -0.1) is 6.54 Å². The molecule has 0 amide bonds. The van der Waals surface area contributed by atoms with E-state index >= 15 is 0 Å². The predicted molar refractivity (Wildman–Crippen MR) is 78.2 cm³/mol. The Morgan fingerprint density at radius 2 is 1.42 bits per heavy atom. The van der Waals surface area contributed by atoms with Gasteiger partial charge in [-0.1, -0.05) is 49.0 Å². The third-order valence-corrected chi connectivity index (χ3v) is 6.84. The van der Waals surface area contributed by atoms with E-state index in [1.54, 1.807) is 7.11 Å². The smallest absolute Gasteiger partial charge is 0.668 e. The average Bonchev–Trinajstić information content (AvgIpc) is 2.44. The normalized spacial score (nSPS) is 10.9. The van der Waals surface area contributed by atoms with E-state index in [1.807, 2.05) is 0 Å². The van der Waals surface area contributed by atoms with Crippen molar-refractivity contribution in [3.63, 3.8) is 0 Å². The van der Waals surface area contributed by atoms with Crippen LogP contribution in [0, 0.1) is 27.7 Å². The molecule has 0 spiro atoms. The SMILES string of the molecule is COCC[N-][Si](C)(C)[c-]1c(C)c(C)c(C)c1C.[Li+].[Li+]. The predicted octanol–water partition coefficient (Wildman–Crippen LogP) is -2.92. The fraction of sp³-hybridized carbons (Fsp3) is 0.643. The molecule has 0 aromatic heterocycles. The molecule has 0 saturated carbocycles. The van der Waals surface area contributed by atoms with Gasteiger partial charge in [-0.25, -0.2) is 0 Å². The number of ether oxygens (including phenoxy) is 1. The van der Waals surface area contributed by atoms with Crippen LogP contribution in [0.1, 0.15) is 22.3 Å². The van der Waals surface area contributed by atoms with Crippen molar-refractivity contribution in [2.45, 2.75) is 40.8 Å². The van der Waals surface area contributed by atoms with Gasteiger partial charge in [0.15, 0.2) is 0 Å². The molecule has 2 nitrogen and oxygen atoms in total. The summed E-state index contributed by atoms with van der Waals surface area (Å²) < 4.78 is 5.09. The summed E-state index contributed by atoms with van der Waals surface area (Å²) in [6, 6.07) is 0. The molecule has 0 saturated heterocycles. The number of hydrogen-bond acceptors (Lipinski definition) is 1. The molecule has 1 rings (SSSR count). The first-order chi connectivity index (χ1) is 7.83. The van der Waals surface area contributed by atoms with Crippen LogP contribution < -0.4 is 42.9 Å². The third kappa shape index (κ3) is 4.87. The van der Waals surface area contributed by atoms with Crippen LogP contribution in [-0.2, 0) is 4.74 Å². The molecule has 98 valence electrons.